The lowest BCUT2D eigenvalue weighted by Gasteiger charge is -2.06. The number of benzene rings is 1. The Hall–Kier alpha value is -1.29. The summed E-state index contributed by atoms with van der Waals surface area (Å²) >= 11 is 4.08. The van der Waals surface area contributed by atoms with Crippen LogP contribution in [-0.4, -0.2) is 17.9 Å². The minimum atomic E-state index is -0.822. The van der Waals surface area contributed by atoms with Gasteiger partial charge in [0.1, 0.15) is 0 Å². The molecule has 0 atom stereocenters. The Kier molecular flexibility index (Phi) is 3.91. The first-order valence-electron chi connectivity index (χ1n) is 4.55. The van der Waals surface area contributed by atoms with E-state index in [1.165, 1.54) is 0 Å². The molecule has 1 rings (SSSR count). The minimum absolute atomic E-state index is 0.286. The molecule has 0 aliphatic heterocycles. The average Bonchev–Trinajstić information content (AvgIpc) is 2.17. The molecule has 0 aromatic heterocycles. The van der Waals surface area contributed by atoms with Crippen molar-refractivity contribution >= 4 is 24.4 Å². The first-order valence-corrected chi connectivity index (χ1v) is 4.99. The highest BCUT2D eigenvalue weighted by Gasteiger charge is 2.18. The molecule has 0 aliphatic carbocycles. The standard InChI is InChI=1S/C11H12O3S/c1-7(2)14-11(13)10(12)8-3-5-9(15)6-4-8/h3-7,15H,1-2H3. The van der Waals surface area contributed by atoms with Crippen LogP contribution in [0, 0.1) is 0 Å². The second kappa shape index (κ2) is 4.98. The number of esters is 1. The van der Waals surface area contributed by atoms with E-state index in [4.69, 9.17) is 4.74 Å². The van der Waals surface area contributed by atoms with E-state index in [9.17, 15) is 9.59 Å². The van der Waals surface area contributed by atoms with Crippen molar-refractivity contribution in [2.24, 2.45) is 0 Å². The van der Waals surface area contributed by atoms with Crippen LogP contribution in [0.3, 0.4) is 0 Å². The van der Waals surface area contributed by atoms with Crippen LogP contribution in [-0.2, 0) is 9.53 Å². The summed E-state index contributed by atoms with van der Waals surface area (Å²) in [5.74, 6) is -1.45. The molecule has 0 heterocycles. The van der Waals surface area contributed by atoms with Crippen LogP contribution in [0.15, 0.2) is 29.2 Å². The topological polar surface area (TPSA) is 43.4 Å². The number of carbonyl (C=O) groups is 2. The van der Waals surface area contributed by atoms with E-state index in [2.05, 4.69) is 12.6 Å². The summed E-state index contributed by atoms with van der Waals surface area (Å²) in [6, 6.07) is 6.40. The summed E-state index contributed by atoms with van der Waals surface area (Å²) in [5.41, 5.74) is 0.318. The smallest absolute Gasteiger partial charge is 0.379 e. The van der Waals surface area contributed by atoms with Gasteiger partial charge in [0.2, 0.25) is 0 Å². The van der Waals surface area contributed by atoms with E-state index < -0.39 is 11.8 Å². The molecule has 1 aromatic rings. The first-order chi connectivity index (χ1) is 7.00. The number of ether oxygens (including phenoxy) is 1. The molecule has 3 nitrogen and oxygen atoms in total. The summed E-state index contributed by atoms with van der Waals surface area (Å²) in [5, 5.41) is 0. The van der Waals surface area contributed by atoms with Crippen molar-refractivity contribution in [1.29, 1.82) is 0 Å². The molecule has 0 amide bonds. The van der Waals surface area contributed by atoms with Crippen LogP contribution in [0.1, 0.15) is 24.2 Å². The summed E-state index contributed by atoms with van der Waals surface area (Å²) < 4.78 is 4.79. The third-order valence-corrected chi connectivity index (χ3v) is 1.96. The van der Waals surface area contributed by atoms with Crippen molar-refractivity contribution < 1.29 is 14.3 Å². The van der Waals surface area contributed by atoms with Crippen LogP contribution in [0.4, 0.5) is 0 Å². The van der Waals surface area contributed by atoms with Gasteiger partial charge < -0.3 is 4.74 Å². The number of Topliss-reactive ketones (excluding diaryl/α,β-unsaturated/α-hetero) is 1. The fourth-order valence-electron chi connectivity index (χ4n) is 0.998. The highest BCUT2D eigenvalue weighted by molar-refractivity contribution is 7.80. The number of ketones is 1. The Bertz CT molecular complexity index is 368. The summed E-state index contributed by atoms with van der Waals surface area (Å²) in [7, 11) is 0. The van der Waals surface area contributed by atoms with Gasteiger partial charge in [0.05, 0.1) is 6.10 Å². The highest BCUT2D eigenvalue weighted by atomic mass is 32.1. The molecule has 0 bridgehead atoms. The van der Waals surface area contributed by atoms with Crippen LogP contribution in [0.25, 0.3) is 0 Å². The lowest BCUT2D eigenvalue weighted by Crippen LogP contribution is -2.21. The van der Waals surface area contributed by atoms with Crippen LogP contribution >= 0.6 is 12.6 Å². The number of hydrogen-bond acceptors (Lipinski definition) is 4. The number of rotatable bonds is 3. The zero-order chi connectivity index (χ0) is 11.4. The SMILES string of the molecule is CC(C)OC(=O)C(=O)c1ccc(S)cc1. The van der Waals surface area contributed by atoms with E-state index in [0.29, 0.717) is 5.56 Å². The Balaban J connectivity index is 2.76. The van der Waals surface area contributed by atoms with E-state index in [-0.39, 0.29) is 6.10 Å². The van der Waals surface area contributed by atoms with Crippen molar-refractivity contribution in [3.05, 3.63) is 29.8 Å². The van der Waals surface area contributed by atoms with Crippen molar-refractivity contribution in [1.82, 2.24) is 0 Å². The Morgan fingerprint density at radius 1 is 1.20 bits per heavy atom. The second-order valence-electron chi connectivity index (χ2n) is 3.33. The molecular weight excluding hydrogens is 212 g/mol. The predicted octanol–water partition coefficient (Wildman–Crippen LogP) is 2.11. The van der Waals surface area contributed by atoms with Crippen molar-refractivity contribution in [2.75, 3.05) is 0 Å². The molecule has 4 heteroatoms. The Labute approximate surface area is 93.8 Å². The van der Waals surface area contributed by atoms with E-state index in [0.717, 1.165) is 4.90 Å². The molecule has 15 heavy (non-hydrogen) atoms. The van der Waals surface area contributed by atoms with E-state index in [1.54, 1.807) is 38.1 Å². The quantitative estimate of drug-likeness (QED) is 0.370. The molecule has 0 unspecified atom stereocenters. The minimum Gasteiger partial charge on any atom is -0.457 e. The molecule has 80 valence electrons. The molecule has 0 saturated heterocycles. The number of carbonyl (C=O) groups excluding carboxylic acids is 2. The van der Waals surface area contributed by atoms with Crippen LogP contribution in [0.5, 0.6) is 0 Å². The largest absolute Gasteiger partial charge is 0.457 e. The maximum atomic E-state index is 11.5. The number of hydrogen-bond donors (Lipinski definition) is 1. The second-order valence-corrected chi connectivity index (χ2v) is 3.85. The van der Waals surface area contributed by atoms with Crippen molar-refractivity contribution in [3.63, 3.8) is 0 Å². The van der Waals surface area contributed by atoms with Gasteiger partial charge in [0.25, 0.3) is 5.78 Å². The lowest BCUT2D eigenvalue weighted by molar-refractivity contribution is -0.141. The maximum absolute atomic E-state index is 11.5. The van der Waals surface area contributed by atoms with Gasteiger partial charge in [-0.1, -0.05) is 0 Å². The van der Waals surface area contributed by atoms with Crippen LogP contribution < -0.4 is 0 Å². The van der Waals surface area contributed by atoms with E-state index in [1.807, 2.05) is 0 Å². The molecule has 0 aliphatic rings. The summed E-state index contributed by atoms with van der Waals surface area (Å²) in [6.45, 7) is 3.39. The third kappa shape index (κ3) is 3.40. The van der Waals surface area contributed by atoms with Crippen molar-refractivity contribution in [3.8, 4) is 0 Å². The normalized spacial score (nSPS) is 10.1. The fourth-order valence-corrected chi connectivity index (χ4v) is 1.15. The van der Waals surface area contributed by atoms with E-state index >= 15 is 0 Å². The van der Waals surface area contributed by atoms with Gasteiger partial charge in [-0.25, -0.2) is 4.79 Å². The molecule has 1 aromatic carbocycles. The molecule has 0 saturated carbocycles. The average molecular weight is 224 g/mol. The summed E-state index contributed by atoms with van der Waals surface area (Å²) in [4.78, 5) is 23.5. The monoisotopic (exact) mass is 224 g/mol. The Morgan fingerprint density at radius 3 is 2.20 bits per heavy atom. The molecule has 0 N–H and O–H groups in total. The van der Waals surface area contributed by atoms with Gasteiger partial charge in [-0.3, -0.25) is 4.79 Å². The molecule has 0 fully saturated rings. The molecule has 0 radical (unpaired) electrons. The van der Waals surface area contributed by atoms with Crippen LogP contribution in [0.2, 0.25) is 0 Å². The van der Waals surface area contributed by atoms with Gasteiger partial charge in [-0.2, -0.15) is 0 Å². The van der Waals surface area contributed by atoms with Gasteiger partial charge >= 0.3 is 5.97 Å². The molecule has 0 spiro atoms. The highest BCUT2D eigenvalue weighted by Crippen LogP contribution is 2.09. The van der Waals surface area contributed by atoms with Crippen molar-refractivity contribution in [2.45, 2.75) is 24.8 Å². The van der Waals surface area contributed by atoms with Gasteiger partial charge in [0.15, 0.2) is 0 Å². The zero-order valence-electron chi connectivity index (χ0n) is 8.56. The molecular formula is C11H12O3S. The predicted molar refractivity (Wildman–Crippen MR) is 59.3 cm³/mol. The third-order valence-electron chi connectivity index (χ3n) is 1.66. The lowest BCUT2D eigenvalue weighted by atomic mass is 10.1. The Morgan fingerprint density at radius 2 is 1.73 bits per heavy atom. The maximum Gasteiger partial charge on any atom is 0.379 e. The van der Waals surface area contributed by atoms with Gasteiger partial charge in [-0.15, -0.1) is 12.6 Å². The van der Waals surface area contributed by atoms with Gasteiger partial charge in [-0.05, 0) is 38.1 Å². The first kappa shape index (κ1) is 11.8. The summed E-state index contributed by atoms with van der Waals surface area (Å²) in [6.07, 6.45) is -0.286. The van der Waals surface area contributed by atoms with Gasteiger partial charge in [0, 0.05) is 10.5 Å². The zero-order valence-corrected chi connectivity index (χ0v) is 9.45. The fraction of sp³-hybridized carbons (Fsp3) is 0.273. The number of thiol groups is 1.